The second-order valence-electron chi connectivity index (χ2n) is 6.47. The first kappa shape index (κ1) is 20.9. The number of anilines is 1. The number of aromatic nitrogens is 1. The molecule has 29 heavy (non-hydrogen) atoms. The summed E-state index contributed by atoms with van der Waals surface area (Å²) in [6, 6.07) is 10.9. The molecule has 152 valence electrons. The largest absolute Gasteiger partial charge is 0.486 e. The molecule has 0 aliphatic rings. The van der Waals surface area contributed by atoms with E-state index in [-0.39, 0.29) is 23.6 Å². The summed E-state index contributed by atoms with van der Waals surface area (Å²) in [5, 5.41) is 4.84. The maximum absolute atomic E-state index is 13.9. The van der Waals surface area contributed by atoms with Crippen LogP contribution in [-0.2, 0) is 27.7 Å². The van der Waals surface area contributed by atoms with Gasteiger partial charge in [0, 0.05) is 11.6 Å². The smallest absolute Gasteiger partial charge is 0.230 e. The number of halogens is 1. The Bertz CT molecular complexity index is 1130. The Hall–Kier alpha value is -2.78. The molecule has 0 atom stereocenters. The van der Waals surface area contributed by atoms with Gasteiger partial charge in [-0.3, -0.25) is 4.79 Å². The van der Waals surface area contributed by atoms with Crippen LogP contribution in [-0.4, -0.2) is 25.6 Å². The number of nitrogens with one attached hydrogen (secondary N) is 1. The van der Waals surface area contributed by atoms with Crippen molar-refractivity contribution in [3.05, 3.63) is 69.9 Å². The second-order valence-corrected chi connectivity index (χ2v) is 9.43. The van der Waals surface area contributed by atoms with Gasteiger partial charge >= 0.3 is 0 Å². The Balaban J connectivity index is 1.60. The summed E-state index contributed by atoms with van der Waals surface area (Å²) in [6.45, 7) is 2.27. The first-order valence-electron chi connectivity index (χ1n) is 8.63. The lowest BCUT2D eigenvalue weighted by molar-refractivity contribution is -0.115. The SMILES string of the molecule is Cc1ccc(OCc2nc(CC(=O)Nc3cc(S(C)(=O)=O)ccc3F)cs2)cc1. The number of hydrogen-bond donors (Lipinski definition) is 1. The van der Waals surface area contributed by atoms with Crippen LogP contribution in [0.25, 0.3) is 0 Å². The van der Waals surface area contributed by atoms with Gasteiger partial charge in [-0.15, -0.1) is 11.3 Å². The molecule has 3 aromatic rings. The van der Waals surface area contributed by atoms with Crippen LogP contribution in [0.2, 0.25) is 0 Å². The van der Waals surface area contributed by atoms with Crippen molar-refractivity contribution < 1.29 is 22.3 Å². The van der Waals surface area contributed by atoms with Crippen LogP contribution in [0, 0.1) is 12.7 Å². The molecule has 0 aliphatic carbocycles. The molecule has 3 rings (SSSR count). The number of benzene rings is 2. The fraction of sp³-hybridized carbons (Fsp3) is 0.200. The highest BCUT2D eigenvalue weighted by molar-refractivity contribution is 7.90. The van der Waals surface area contributed by atoms with Crippen molar-refractivity contribution in [2.45, 2.75) is 24.8 Å². The maximum atomic E-state index is 13.9. The predicted octanol–water partition coefficient (Wildman–Crippen LogP) is 3.75. The van der Waals surface area contributed by atoms with Gasteiger partial charge in [0.1, 0.15) is 23.2 Å². The average molecular weight is 435 g/mol. The number of thiazole rings is 1. The highest BCUT2D eigenvalue weighted by Gasteiger charge is 2.14. The fourth-order valence-electron chi connectivity index (χ4n) is 2.47. The zero-order valence-electron chi connectivity index (χ0n) is 15.8. The number of ether oxygens (including phenoxy) is 1. The third-order valence-electron chi connectivity index (χ3n) is 3.96. The van der Waals surface area contributed by atoms with E-state index in [1.54, 1.807) is 5.38 Å². The summed E-state index contributed by atoms with van der Waals surface area (Å²) in [5.74, 6) is -0.478. The lowest BCUT2D eigenvalue weighted by Crippen LogP contribution is -2.16. The van der Waals surface area contributed by atoms with Gasteiger partial charge in [-0.25, -0.2) is 17.8 Å². The number of aryl methyl sites for hydroxylation is 1. The average Bonchev–Trinajstić information content (AvgIpc) is 3.09. The summed E-state index contributed by atoms with van der Waals surface area (Å²) in [4.78, 5) is 16.5. The van der Waals surface area contributed by atoms with Crippen molar-refractivity contribution in [2.75, 3.05) is 11.6 Å². The Kier molecular flexibility index (Phi) is 6.29. The summed E-state index contributed by atoms with van der Waals surface area (Å²) in [5.41, 5.74) is 1.48. The molecule has 0 radical (unpaired) electrons. The number of carbonyl (C=O) groups excluding carboxylic acids is 1. The normalized spacial score (nSPS) is 11.3. The van der Waals surface area contributed by atoms with Crippen LogP contribution in [0.4, 0.5) is 10.1 Å². The predicted molar refractivity (Wildman–Crippen MR) is 109 cm³/mol. The third kappa shape index (κ3) is 5.85. The van der Waals surface area contributed by atoms with Gasteiger partial charge in [0.15, 0.2) is 9.84 Å². The summed E-state index contributed by atoms with van der Waals surface area (Å²) < 4.78 is 42.8. The molecular formula is C20H19FN2O4S2. The second kappa shape index (κ2) is 8.71. The summed E-state index contributed by atoms with van der Waals surface area (Å²) >= 11 is 1.36. The molecule has 1 heterocycles. The molecule has 1 N–H and O–H groups in total. The van der Waals surface area contributed by atoms with Crippen LogP contribution < -0.4 is 10.1 Å². The van der Waals surface area contributed by atoms with Crippen LogP contribution in [0.1, 0.15) is 16.3 Å². The van der Waals surface area contributed by atoms with Gasteiger partial charge in [0.2, 0.25) is 5.91 Å². The molecule has 2 aromatic carbocycles. The van der Waals surface area contributed by atoms with E-state index < -0.39 is 21.6 Å². The van der Waals surface area contributed by atoms with Crippen LogP contribution in [0.3, 0.4) is 0 Å². The highest BCUT2D eigenvalue weighted by atomic mass is 32.2. The summed E-state index contributed by atoms with van der Waals surface area (Å²) in [7, 11) is -3.51. The van der Waals surface area contributed by atoms with Crippen molar-refractivity contribution in [2.24, 2.45) is 0 Å². The Morgan fingerprint density at radius 2 is 1.93 bits per heavy atom. The third-order valence-corrected chi connectivity index (χ3v) is 5.95. The van der Waals surface area contributed by atoms with Crippen molar-refractivity contribution in [1.29, 1.82) is 0 Å². The van der Waals surface area contributed by atoms with E-state index >= 15 is 0 Å². The Morgan fingerprint density at radius 1 is 1.21 bits per heavy atom. The van der Waals surface area contributed by atoms with Crippen molar-refractivity contribution in [1.82, 2.24) is 4.98 Å². The van der Waals surface area contributed by atoms with Crippen LogP contribution in [0.15, 0.2) is 52.7 Å². The number of rotatable bonds is 7. The van der Waals surface area contributed by atoms with Crippen LogP contribution >= 0.6 is 11.3 Å². The van der Waals surface area contributed by atoms with E-state index in [4.69, 9.17) is 4.74 Å². The fourth-order valence-corrected chi connectivity index (χ4v) is 3.82. The molecule has 0 bridgehead atoms. The lowest BCUT2D eigenvalue weighted by Gasteiger charge is -2.07. The van der Waals surface area contributed by atoms with Gasteiger partial charge < -0.3 is 10.1 Å². The number of hydrogen-bond acceptors (Lipinski definition) is 6. The molecule has 0 saturated carbocycles. The van der Waals surface area contributed by atoms with Crippen LogP contribution in [0.5, 0.6) is 5.75 Å². The highest BCUT2D eigenvalue weighted by Crippen LogP contribution is 2.20. The monoisotopic (exact) mass is 434 g/mol. The van der Waals surface area contributed by atoms with E-state index in [1.807, 2.05) is 31.2 Å². The number of amides is 1. The minimum atomic E-state index is -3.51. The Morgan fingerprint density at radius 3 is 2.62 bits per heavy atom. The molecule has 0 fully saturated rings. The molecule has 0 saturated heterocycles. The van der Waals surface area contributed by atoms with Gasteiger partial charge in [0.05, 0.1) is 22.7 Å². The van der Waals surface area contributed by atoms with Crippen molar-refractivity contribution >= 4 is 32.8 Å². The molecule has 0 aliphatic heterocycles. The molecule has 1 amide bonds. The first-order valence-corrected chi connectivity index (χ1v) is 11.4. The first-order chi connectivity index (χ1) is 13.7. The van der Waals surface area contributed by atoms with Gasteiger partial charge in [0.25, 0.3) is 0 Å². The number of nitrogens with zero attached hydrogens (tertiary/aromatic N) is 1. The van der Waals surface area contributed by atoms with E-state index in [2.05, 4.69) is 10.3 Å². The zero-order chi connectivity index (χ0) is 21.0. The number of sulfone groups is 1. The van der Waals surface area contributed by atoms with Gasteiger partial charge in [-0.2, -0.15) is 0 Å². The van der Waals surface area contributed by atoms with Gasteiger partial charge in [-0.1, -0.05) is 17.7 Å². The van der Waals surface area contributed by atoms with E-state index in [0.29, 0.717) is 10.7 Å². The molecule has 0 unspecified atom stereocenters. The summed E-state index contributed by atoms with van der Waals surface area (Å²) in [6.07, 6.45) is 0.949. The minimum absolute atomic E-state index is 0.0659. The Labute approximate surface area is 172 Å². The molecule has 9 heteroatoms. The van der Waals surface area contributed by atoms with E-state index in [9.17, 15) is 17.6 Å². The maximum Gasteiger partial charge on any atom is 0.230 e. The zero-order valence-corrected chi connectivity index (χ0v) is 17.4. The lowest BCUT2D eigenvalue weighted by atomic mass is 10.2. The molecular weight excluding hydrogens is 415 g/mol. The quantitative estimate of drug-likeness (QED) is 0.573. The molecule has 6 nitrogen and oxygen atoms in total. The van der Waals surface area contributed by atoms with Crippen molar-refractivity contribution in [3.63, 3.8) is 0 Å². The van der Waals surface area contributed by atoms with Gasteiger partial charge in [-0.05, 0) is 37.3 Å². The standard InChI is InChI=1S/C20H19FN2O4S2/c1-13-3-5-15(6-4-13)27-11-20-22-14(12-28-20)9-19(24)23-18-10-16(29(2,25)26)7-8-17(18)21/h3-8,10,12H,9,11H2,1-2H3,(H,23,24). The van der Waals surface area contributed by atoms with Crippen molar-refractivity contribution in [3.8, 4) is 5.75 Å². The van der Waals surface area contributed by atoms with E-state index in [1.165, 1.54) is 11.3 Å². The molecule has 1 aromatic heterocycles. The number of carbonyl (C=O) groups is 1. The molecule has 0 spiro atoms. The topological polar surface area (TPSA) is 85.4 Å². The van der Waals surface area contributed by atoms with E-state index in [0.717, 1.165) is 35.8 Å². The minimum Gasteiger partial charge on any atom is -0.486 e.